The first-order valence-corrected chi connectivity index (χ1v) is 26.3. The summed E-state index contributed by atoms with van der Waals surface area (Å²) < 4.78 is 7.82. The molecule has 4 heteroatoms. The van der Waals surface area contributed by atoms with Crippen LogP contribution in [0.25, 0.3) is 106 Å². The molecule has 0 spiro atoms. The molecule has 3 aromatic heterocycles. The van der Waals surface area contributed by atoms with Gasteiger partial charge in [0.15, 0.2) is 0 Å². The van der Waals surface area contributed by atoms with Crippen LogP contribution in [0, 0.1) is 11.8 Å². The molecule has 334 valence electrons. The molecule has 10 aromatic carbocycles. The minimum Gasteiger partial charge on any atom is -0.309 e. The first kappa shape index (κ1) is 41.4. The summed E-state index contributed by atoms with van der Waals surface area (Å²) in [6.45, 7) is 4.78. The van der Waals surface area contributed by atoms with Crippen molar-refractivity contribution in [1.29, 1.82) is 0 Å². The number of hydrogen-bond acceptors (Lipinski definition) is 3. The Morgan fingerprint density at radius 3 is 1.91 bits per heavy atom. The highest BCUT2D eigenvalue weighted by molar-refractivity contribution is 7.26. The van der Waals surface area contributed by atoms with E-state index in [2.05, 4.69) is 231 Å². The van der Waals surface area contributed by atoms with Crippen LogP contribution in [0.2, 0.25) is 0 Å². The minimum absolute atomic E-state index is 0.110. The Balaban J connectivity index is 1.06. The fraction of sp³-hybridized carbons (Fsp3) is 0.106. The van der Waals surface area contributed by atoms with Gasteiger partial charge in [0.2, 0.25) is 0 Å². The molecule has 0 bridgehead atoms. The van der Waals surface area contributed by atoms with Crippen molar-refractivity contribution in [3.8, 4) is 16.8 Å². The molecule has 3 atom stereocenters. The van der Waals surface area contributed by atoms with E-state index in [9.17, 15) is 0 Å². The molecule has 3 unspecified atom stereocenters. The van der Waals surface area contributed by atoms with Gasteiger partial charge in [-0.05, 0) is 123 Å². The van der Waals surface area contributed by atoms with Crippen molar-refractivity contribution in [1.82, 2.24) is 4.57 Å². The third kappa shape index (κ3) is 6.61. The van der Waals surface area contributed by atoms with Crippen LogP contribution >= 0.6 is 22.7 Å². The van der Waals surface area contributed by atoms with Crippen molar-refractivity contribution in [2.24, 2.45) is 16.8 Å². The standard InChI is InChI=1S/C66H48N2S2/c1-3-48-49(46-22-15-21-43(34-46)41-16-5-4-6-17-41)31-28-40(2)65(67-66(48)47-30-33-62-53(36-47)51-24-11-13-26-60(51)69-62)56-39-63-54(52-25-12-14-27-61(52)70-63)38-59(56)68-57-32-29-42-18-9-10-23-50(42)64(57)55-35-44-19-7-8-20-45(44)37-58(55)68/h4-27,29-40,48,66H,3,28H2,1-2H3/b49-31+,67-65+. The molecule has 1 aliphatic heterocycles. The van der Waals surface area contributed by atoms with Crippen LogP contribution in [-0.4, -0.2) is 10.3 Å². The summed E-state index contributed by atoms with van der Waals surface area (Å²) in [5.41, 5.74) is 12.4. The lowest BCUT2D eigenvalue weighted by Crippen LogP contribution is -2.23. The smallest absolute Gasteiger partial charge is 0.0821 e. The summed E-state index contributed by atoms with van der Waals surface area (Å²) in [5.74, 6) is 0.233. The lowest BCUT2D eigenvalue weighted by Gasteiger charge is -2.32. The number of nitrogens with zero attached hydrogens (tertiary/aromatic N) is 2. The predicted molar refractivity (Wildman–Crippen MR) is 305 cm³/mol. The molecule has 14 rings (SSSR count). The Hall–Kier alpha value is -7.63. The van der Waals surface area contributed by atoms with E-state index in [4.69, 9.17) is 4.99 Å². The van der Waals surface area contributed by atoms with Gasteiger partial charge in [0.1, 0.15) is 0 Å². The van der Waals surface area contributed by atoms with E-state index in [1.54, 1.807) is 0 Å². The van der Waals surface area contributed by atoms with Gasteiger partial charge >= 0.3 is 0 Å². The third-order valence-electron chi connectivity index (χ3n) is 15.2. The maximum absolute atomic E-state index is 6.30. The number of aliphatic imine (C=N–C) groups is 1. The van der Waals surface area contributed by atoms with Crippen LogP contribution in [0.4, 0.5) is 0 Å². The maximum atomic E-state index is 6.30. The summed E-state index contributed by atoms with van der Waals surface area (Å²) in [4.78, 5) is 6.30. The van der Waals surface area contributed by atoms with E-state index in [1.807, 2.05) is 22.7 Å². The van der Waals surface area contributed by atoms with Gasteiger partial charge in [-0.15, -0.1) is 22.7 Å². The van der Waals surface area contributed by atoms with Crippen LogP contribution in [0.3, 0.4) is 0 Å². The molecule has 4 heterocycles. The van der Waals surface area contributed by atoms with Crippen molar-refractivity contribution in [3.63, 3.8) is 0 Å². The van der Waals surface area contributed by atoms with Crippen LogP contribution in [0.1, 0.15) is 49.4 Å². The van der Waals surface area contributed by atoms with E-state index in [-0.39, 0.29) is 17.9 Å². The van der Waals surface area contributed by atoms with Crippen LogP contribution in [0.5, 0.6) is 0 Å². The molecule has 0 amide bonds. The highest BCUT2D eigenvalue weighted by atomic mass is 32.1. The molecule has 70 heavy (non-hydrogen) atoms. The Kier molecular flexibility index (Phi) is 9.76. The Morgan fingerprint density at radius 1 is 0.486 bits per heavy atom. The molecule has 0 saturated heterocycles. The number of allylic oxidation sites excluding steroid dienone is 1. The second-order valence-corrected chi connectivity index (χ2v) is 21.4. The molecule has 0 fully saturated rings. The van der Waals surface area contributed by atoms with E-state index >= 15 is 0 Å². The molecular weight excluding hydrogens is 885 g/mol. The van der Waals surface area contributed by atoms with Gasteiger partial charge in [-0.1, -0.05) is 166 Å². The second-order valence-electron chi connectivity index (χ2n) is 19.3. The number of thiophene rings is 2. The SMILES string of the molecule is CCC1/C(c2cccc(-c3ccccc3)c2)=C/CC(C)/C(c2cc3sc4ccccc4c3cc2-n2c3cc4ccccc4cc3c3c4ccccc4ccc32)=N\C1c1ccc2sc3ccccc3c2c1. The summed E-state index contributed by atoms with van der Waals surface area (Å²) in [5, 5.41) is 12.8. The van der Waals surface area contributed by atoms with Crippen LogP contribution in [0.15, 0.2) is 217 Å². The highest BCUT2D eigenvalue weighted by Gasteiger charge is 2.32. The minimum atomic E-state index is -0.144. The number of fused-ring (bicyclic) bond motifs is 12. The fourth-order valence-electron chi connectivity index (χ4n) is 11.8. The zero-order valence-corrected chi connectivity index (χ0v) is 40.7. The third-order valence-corrected chi connectivity index (χ3v) is 17.5. The molecule has 0 radical (unpaired) electrons. The molecule has 2 nitrogen and oxygen atoms in total. The number of rotatable bonds is 6. The fourth-order valence-corrected chi connectivity index (χ4v) is 14.1. The average molecular weight is 933 g/mol. The lowest BCUT2D eigenvalue weighted by atomic mass is 9.78. The van der Waals surface area contributed by atoms with Crippen molar-refractivity contribution in [2.75, 3.05) is 0 Å². The summed E-state index contributed by atoms with van der Waals surface area (Å²) >= 11 is 3.78. The normalized spacial score (nSPS) is 18.2. The van der Waals surface area contributed by atoms with E-state index < -0.39 is 0 Å². The van der Waals surface area contributed by atoms with Crippen molar-refractivity contribution in [2.45, 2.75) is 32.7 Å². The van der Waals surface area contributed by atoms with Gasteiger partial charge in [-0.25, -0.2) is 0 Å². The molecular formula is C66H48N2S2. The maximum Gasteiger partial charge on any atom is 0.0821 e. The van der Waals surface area contributed by atoms with Crippen molar-refractivity contribution in [3.05, 3.63) is 229 Å². The molecule has 1 aliphatic rings. The van der Waals surface area contributed by atoms with E-state index in [0.717, 1.165) is 18.6 Å². The van der Waals surface area contributed by atoms with Gasteiger partial charge < -0.3 is 4.57 Å². The van der Waals surface area contributed by atoms with Gasteiger partial charge in [0, 0.05) is 74.2 Å². The molecule has 0 saturated carbocycles. The molecule has 0 N–H and O–H groups in total. The summed E-state index contributed by atoms with van der Waals surface area (Å²) in [6.07, 6.45) is 4.39. The topological polar surface area (TPSA) is 17.3 Å². The van der Waals surface area contributed by atoms with E-state index in [1.165, 1.54) is 123 Å². The summed E-state index contributed by atoms with van der Waals surface area (Å²) in [7, 11) is 0. The van der Waals surface area contributed by atoms with Crippen molar-refractivity contribution >= 4 is 118 Å². The van der Waals surface area contributed by atoms with Gasteiger partial charge in [0.05, 0.1) is 22.8 Å². The summed E-state index contributed by atoms with van der Waals surface area (Å²) in [6, 6.07) is 77.2. The first-order valence-electron chi connectivity index (χ1n) is 24.7. The lowest BCUT2D eigenvalue weighted by molar-refractivity contribution is 0.514. The van der Waals surface area contributed by atoms with Crippen LogP contribution < -0.4 is 0 Å². The number of aromatic nitrogens is 1. The van der Waals surface area contributed by atoms with Gasteiger partial charge in [-0.3, -0.25) is 4.99 Å². The quantitative estimate of drug-likeness (QED) is 0.158. The zero-order chi connectivity index (χ0) is 46.5. The van der Waals surface area contributed by atoms with Gasteiger partial charge in [-0.2, -0.15) is 0 Å². The van der Waals surface area contributed by atoms with Gasteiger partial charge in [0.25, 0.3) is 0 Å². The largest absolute Gasteiger partial charge is 0.309 e. The Morgan fingerprint density at radius 2 is 1.13 bits per heavy atom. The number of benzene rings is 10. The predicted octanol–water partition coefficient (Wildman–Crippen LogP) is 19.2. The Bertz CT molecular complexity index is 4300. The Labute approximate surface area is 415 Å². The zero-order valence-electron chi connectivity index (χ0n) is 39.1. The average Bonchev–Trinajstić information content (AvgIpc) is 4.08. The number of hydrogen-bond donors (Lipinski definition) is 0. The van der Waals surface area contributed by atoms with E-state index in [0.29, 0.717) is 0 Å². The molecule has 13 aromatic rings. The monoisotopic (exact) mass is 932 g/mol. The van der Waals surface area contributed by atoms with Crippen molar-refractivity contribution < 1.29 is 0 Å². The highest BCUT2D eigenvalue weighted by Crippen LogP contribution is 2.47. The first-order chi connectivity index (χ1) is 34.6. The van der Waals surface area contributed by atoms with Crippen LogP contribution in [-0.2, 0) is 0 Å². The second kappa shape index (κ2) is 16.5. The molecule has 0 aliphatic carbocycles.